The Hall–Kier alpha value is -2.82. The van der Waals surface area contributed by atoms with Crippen molar-refractivity contribution >= 4 is 17.8 Å². The van der Waals surface area contributed by atoms with E-state index in [1.807, 2.05) is 6.07 Å². The largest absolute Gasteiger partial charge is 0.305 e. The van der Waals surface area contributed by atoms with Gasteiger partial charge in [-0.2, -0.15) is 0 Å². The molecule has 0 unspecified atom stereocenters. The minimum absolute atomic E-state index is 0.284. The van der Waals surface area contributed by atoms with Gasteiger partial charge >= 0.3 is 0 Å². The number of amidine groups is 1. The lowest BCUT2D eigenvalue weighted by Gasteiger charge is -1.97. The maximum absolute atomic E-state index is 12.8. The molecule has 0 atom stereocenters. The van der Waals surface area contributed by atoms with Gasteiger partial charge in [0, 0.05) is 18.0 Å². The molecular weight excluding hydrogens is 257 g/mol. The van der Waals surface area contributed by atoms with Crippen LogP contribution in [0.1, 0.15) is 11.1 Å². The van der Waals surface area contributed by atoms with E-state index in [4.69, 9.17) is 0 Å². The van der Waals surface area contributed by atoms with Gasteiger partial charge in [-0.25, -0.2) is 9.38 Å². The molecule has 0 saturated carbocycles. The fraction of sp³-hybridized carbons (Fsp3) is 0. The highest BCUT2D eigenvalue weighted by Gasteiger charge is 2.20. The van der Waals surface area contributed by atoms with Crippen molar-refractivity contribution in [2.45, 2.75) is 0 Å². The molecular formula is C15H10FN3O. The van der Waals surface area contributed by atoms with Crippen molar-refractivity contribution in [2.24, 2.45) is 4.99 Å². The van der Waals surface area contributed by atoms with E-state index in [9.17, 15) is 9.18 Å². The van der Waals surface area contributed by atoms with Gasteiger partial charge in [0.15, 0.2) is 0 Å². The normalized spacial score (nSPS) is 16.1. The number of carbonyl (C=O) groups excluding carboxylic acids is 1. The fourth-order valence-corrected chi connectivity index (χ4v) is 1.82. The zero-order valence-corrected chi connectivity index (χ0v) is 10.4. The summed E-state index contributed by atoms with van der Waals surface area (Å²) >= 11 is 0. The number of hydrogen-bond acceptors (Lipinski definition) is 3. The first-order valence-corrected chi connectivity index (χ1v) is 6.00. The van der Waals surface area contributed by atoms with Crippen molar-refractivity contribution in [2.75, 3.05) is 0 Å². The number of benzene rings is 1. The zero-order chi connectivity index (χ0) is 13.9. The topological polar surface area (TPSA) is 54.4 Å². The van der Waals surface area contributed by atoms with E-state index >= 15 is 0 Å². The van der Waals surface area contributed by atoms with E-state index in [2.05, 4.69) is 15.3 Å². The minimum Gasteiger partial charge on any atom is -0.305 e. The summed E-state index contributed by atoms with van der Waals surface area (Å²) in [6.07, 6.45) is 4.88. The Bertz CT molecular complexity index is 706. The first-order chi connectivity index (χ1) is 9.72. The number of rotatable bonds is 2. The van der Waals surface area contributed by atoms with Crippen molar-refractivity contribution in [3.63, 3.8) is 0 Å². The summed E-state index contributed by atoms with van der Waals surface area (Å²) in [5.41, 5.74) is 1.74. The summed E-state index contributed by atoms with van der Waals surface area (Å²) in [6, 6.07) is 9.44. The van der Waals surface area contributed by atoms with Crippen molar-refractivity contribution in [1.82, 2.24) is 10.3 Å². The molecule has 0 bridgehead atoms. The van der Waals surface area contributed by atoms with E-state index in [1.54, 1.807) is 36.7 Å². The van der Waals surface area contributed by atoms with Crippen LogP contribution in [0.15, 0.2) is 59.5 Å². The van der Waals surface area contributed by atoms with Crippen molar-refractivity contribution in [3.05, 3.63) is 71.4 Å². The molecule has 3 rings (SSSR count). The lowest BCUT2D eigenvalue weighted by atomic mass is 10.2. The zero-order valence-electron chi connectivity index (χ0n) is 10.4. The van der Waals surface area contributed by atoms with Crippen LogP contribution in [0.5, 0.6) is 0 Å². The van der Waals surface area contributed by atoms with Crippen LogP contribution in [0.4, 0.5) is 4.39 Å². The highest BCUT2D eigenvalue weighted by molar-refractivity contribution is 6.19. The Balaban J connectivity index is 1.92. The molecule has 0 spiro atoms. The summed E-state index contributed by atoms with van der Waals surface area (Å²) in [4.78, 5) is 20.1. The van der Waals surface area contributed by atoms with Gasteiger partial charge in [-0.15, -0.1) is 0 Å². The molecule has 1 aromatic carbocycles. The highest BCUT2D eigenvalue weighted by atomic mass is 19.1. The average Bonchev–Trinajstić information content (AvgIpc) is 2.84. The maximum Gasteiger partial charge on any atom is 0.275 e. The van der Waals surface area contributed by atoms with Gasteiger partial charge in [0.25, 0.3) is 5.91 Å². The molecule has 1 aliphatic rings. The first-order valence-electron chi connectivity index (χ1n) is 6.00. The van der Waals surface area contributed by atoms with E-state index in [0.29, 0.717) is 11.4 Å². The quantitative estimate of drug-likeness (QED) is 0.847. The third-order valence-electron chi connectivity index (χ3n) is 2.81. The first kappa shape index (κ1) is 12.2. The lowest BCUT2D eigenvalue weighted by Crippen LogP contribution is -2.24. The van der Waals surface area contributed by atoms with Crippen molar-refractivity contribution in [1.29, 1.82) is 0 Å². The number of pyridine rings is 1. The summed E-state index contributed by atoms with van der Waals surface area (Å²) in [5, 5.41) is 2.68. The van der Waals surface area contributed by atoms with Gasteiger partial charge in [0.1, 0.15) is 17.3 Å². The van der Waals surface area contributed by atoms with Crippen LogP contribution in [0, 0.1) is 5.82 Å². The second-order valence-corrected chi connectivity index (χ2v) is 4.24. The van der Waals surface area contributed by atoms with Crippen LogP contribution in [-0.2, 0) is 4.79 Å². The maximum atomic E-state index is 12.8. The van der Waals surface area contributed by atoms with Crippen LogP contribution in [0.3, 0.4) is 0 Å². The Morgan fingerprint density at radius 2 is 1.95 bits per heavy atom. The predicted molar refractivity (Wildman–Crippen MR) is 73.3 cm³/mol. The summed E-state index contributed by atoms with van der Waals surface area (Å²) in [6.45, 7) is 0. The number of halogens is 1. The summed E-state index contributed by atoms with van der Waals surface area (Å²) in [5.74, 6) is -0.132. The Labute approximate surface area is 114 Å². The molecule has 98 valence electrons. The van der Waals surface area contributed by atoms with Gasteiger partial charge in [-0.1, -0.05) is 12.1 Å². The van der Waals surface area contributed by atoms with Crippen LogP contribution in [0.25, 0.3) is 6.08 Å². The summed E-state index contributed by atoms with van der Waals surface area (Å²) in [7, 11) is 0. The number of carbonyl (C=O) groups is 1. The molecule has 5 heteroatoms. The molecule has 0 radical (unpaired) electrons. The van der Waals surface area contributed by atoms with Gasteiger partial charge < -0.3 is 5.32 Å². The molecule has 1 amide bonds. The smallest absolute Gasteiger partial charge is 0.275 e. The van der Waals surface area contributed by atoms with Crippen LogP contribution in [0.2, 0.25) is 0 Å². The monoisotopic (exact) mass is 267 g/mol. The number of nitrogens with one attached hydrogen (secondary N) is 1. The van der Waals surface area contributed by atoms with Crippen LogP contribution in [-0.4, -0.2) is 16.7 Å². The SMILES string of the molecule is O=C1NC(c2cccnc2)=N/C1=C/c1ccc(F)cc1. The Kier molecular flexibility index (Phi) is 3.09. The Morgan fingerprint density at radius 1 is 1.15 bits per heavy atom. The van der Waals surface area contributed by atoms with Crippen molar-refractivity contribution < 1.29 is 9.18 Å². The molecule has 2 heterocycles. The number of hydrogen-bond donors (Lipinski definition) is 1. The van der Waals surface area contributed by atoms with Gasteiger partial charge in [0.2, 0.25) is 0 Å². The molecule has 0 fully saturated rings. The van der Waals surface area contributed by atoms with E-state index < -0.39 is 0 Å². The molecule has 2 aromatic rings. The van der Waals surface area contributed by atoms with Crippen LogP contribution >= 0.6 is 0 Å². The lowest BCUT2D eigenvalue weighted by molar-refractivity contribution is -0.115. The minimum atomic E-state index is -0.317. The number of aliphatic imine (C=N–C) groups is 1. The Morgan fingerprint density at radius 3 is 2.65 bits per heavy atom. The van der Waals surface area contributed by atoms with Gasteiger partial charge in [-0.3, -0.25) is 9.78 Å². The van der Waals surface area contributed by atoms with Gasteiger partial charge in [0.05, 0.1) is 0 Å². The van der Waals surface area contributed by atoms with E-state index in [0.717, 1.165) is 5.56 Å². The summed E-state index contributed by atoms with van der Waals surface area (Å²) < 4.78 is 12.8. The molecule has 20 heavy (non-hydrogen) atoms. The second-order valence-electron chi connectivity index (χ2n) is 4.24. The molecule has 4 nitrogen and oxygen atoms in total. The van der Waals surface area contributed by atoms with Crippen LogP contribution < -0.4 is 5.32 Å². The molecule has 1 N–H and O–H groups in total. The average molecular weight is 267 g/mol. The molecule has 1 aromatic heterocycles. The molecule has 0 saturated heterocycles. The highest BCUT2D eigenvalue weighted by Crippen LogP contribution is 2.14. The number of aromatic nitrogens is 1. The molecule has 0 aliphatic carbocycles. The van der Waals surface area contributed by atoms with E-state index in [1.165, 1.54) is 12.1 Å². The fourth-order valence-electron chi connectivity index (χ4n) is 1.82. The second kappa shape index (κ2) is 5.05. The standard InChI is InChI=1S/C15H10FN3O/c16-12-5-3-10(4-6-12)8-13-15(20)19-14(18-13)11-2-1-7-17-9-11/h1-9H,(H,18,19,20)/b13-8+. The van der Waals surface area contributed by atoms with Crippen molar-refractivity contribution in [3.8, 4) is 0 Å². The predicted octanol–water partition coefficient (Wildman–Crippen LogP) is 2.14. The number of amides is 1. The van der Waals surface area contributed by atoms with E-state index in [-0.39, 0.29) is 17.4 Å². The third kappa shape index (κ3) is 2.47. The van der Waals surface area contributed by atoms with Gasteiger partial charge in [-0.05, 0) is 35.9 Å². The number of nitrogens with zero attached hydrogens (tertiary/aromatic N) is 2. The third-order valence-corrected chi connectivity index (χ3v) is 2.81. The molecule has 1 aliphatic heterocycles.